The van der Waals surface area contributed by atoms with Crippen molar-refractivity contribution in [3.63, 3.8) is 0 Å². The molecule has 0 spiro atoms. The average molecular weight is 307 g/mol. The molecule has 2 heterocycles. The molecule has 1 N–H and O–H groups in total. The van der Waals surface area contributed by atoms with Crippen molar-refractivity contribution in [2.24, 2.45) is 12.0 Å². The van der Waals surface area contributed by atoms with Crippen molar-refractivity contribution in [3.8, 4) is 0 Å². The van der Waals surface area contributed by atoms with Gasteiger partial charge in [-0.1, -0.05) is 0 Å². The zero-order valence-corrected chi connectivity index (χ0v) is 13.8. The van der Waals surface area contributed by atoms with Crippen LogP contribution in [0.5, 0.6) is 0 Å². The Labute approximate surface area is 131 Å². The second-order valence-electron chi connectivity index (χ2n) is 6.43. The van der Waals surface area contributed by atoms with Crippen LogP contribution in [-0.2, 0) is 18.2 Å². The number of hydrogen-bond acceptors (Lipinski definition) is 5. The van der Waals surface area contributed by atoms with E-state index in [4.69, 9.17) is 4.74 Å². The van der Waals surface area contributed by atoms with Crippen LogP contribution in [0.3, 0.4) is 0 Å². The molecule has 0 atom stereocenters. The molecule has 1 amide bonds. The number of aliphatic imine (C=N–C) groups is 1. The SMILES string of the molecule is Cn1cc(CCNC2=NCCN(C(=O)OC(C)(C)C)C2)cn1. The topological polar surface area (TPSA) is 71.8 Å². The Bertz CT molecular complexity index is 544. The number of hydrogen-bond donors (Lipinski definition) is 1. The summed E-state index contributed by atoms with van der Waals surface area (Å²) in [5.41, 5.74) is 0.704. The molecule has 0 aliphatic carbocycles. The van der Waals surface area contributed by atoms with E-state index in [0.717, 1.165) is 18.8 Å². The van der Waals surface area contributed by atoms with Gasteiger partial charge in [0, 0.05) is 26.3 Å². The Morgan fingerprint density at radius 1 is 1.45 bits per heavy atom. The number of amidine groups is 1. The maximum Gasteiger partial charge on any atom is 0.410 e. The number of aromatic nitrogens is 2. The molecule has 7 nitrogen and oxygen atoms in total. The van der Waals surface area contributed by atoms with E-state index in [2.05, 4.69) is 15.4 Å². The number of amides is 1. The van der Waals surface area contributed by atoms with E-state index in [1.54, 1.807) is 9.58 Å². The predicted molar refractivity (Wildman–Crippen MR) is 85.0 cm³/mol. The summed E-state index contributed by atoms with van der Waals surface area (Å²) in [5.74, 6) is 0.834. The van der Waals surface area contributed by atoms with Crippen LogP contribution >= 0.6 is 0 Å². The Hall–Kier alpha value is -2.05. The zero-order valence-electron chi connectivity index (χ0n) is 13.8. The highest BCUT2D eigenvalue weighted by Crippen LogP contribution is 2.11. The molecule has 2 rings (SSSR count). The van der Waals surface area contributed by atoms with Crippen molar-refractivity contribution in [1.29, 1.82) is 0 Å². The van der Waals surface area contributed by atoms with Gasteiger partial charge >= 0.3 is 6.09 Å². The fraction of sp³-hybridized carbons (Fsp3) is 0.667. The maximum atomic E-state index is 12.1. The van der Waals surface area contributed by atoms with Gasteiger partial charge in [0.2, 0.25) is 0 Å². The molecule has 0 saturated heterocycles. The quantitative estimate of drug-likeness (QED) is 0.911. The van der Waals surface area contributed by atoms with Crippen LogP contribution in [-0.4, -0.2) is 58.4 Å². The van der Waals surface area contributed by atoms with Crippen LogP contribution < -0.4 is 5.32 Å². The molecule has 1 aliphatic rings. The van der Waals surface area contributed by atoms with Crippen molar-refractivity contribution in [2.45, 2.75) is 32.8 Å². The second kappa shape index (κ2) is 6.81. The summed E-state index contributed by atoms with van der Waals surface area (Å²) in [6.45, 7) is 8.06. The lowest BCUT2D eigenvalue weighted by Gasteiger charge is -2.29. The Kier molecular flexibility index (Phi) is 5.05. The second-order valence-corrected chi connectivity index (χ2v) is 6.43. The van der Waals surface area contributed by atoms with Gasteiger partial charge in [-0.3, -0.25) is 14.6 Å². The highest BCUT2D eigenvalue weighted by molar-refractivity contribution is 5.87. The molecule has 0 unspecified atom stereocenters. The van der Waals surface area contributed by atoms with Gasteiger partial charge in [-0.15, -0.1) is 0 Å². The van der Waals surface area contributed by atoms with Crippen LogP contribution in [0.15, 0.2) is 17.4 Å². The molecule has 1 aromatic rings. The number of rotatable bonds is 3. The first kappa shape index (κ1) is 16.3. The first-order chi connectivity index (χ1) is 10.3. The van der Waals surface area contributed by atoms with E-state index >= 15 is 0 Å². The summed E-state index contributed by atoms with van der Waals surface area (Å²) in [6, 6.07) is 0. The number of nitrogens with zero attached hydrogens (tertiary/aromatic N) is 4. The molecule has 0 radical (unpaired) electrons. The minimum absolute atomic E-state index is 0.283. The normalized spacial score (nSPS) is 15.5. The summed E-state index contributed by atoms with van der Waals surface area (Å²) >= 11 is 0. The standard InChI is InChI=1S/C15H25N5O2/c1-15(2,3)22-14(21)20-8-7-17-13(11-20)16-6-5-12-9-18-19(4)10-12/h9-10H,5-8,11H2,1-4H3,(H,16,17). The summed E-state index contributed by atoms with van der Waals surface area (Å²) < 4.78 is 7.18. The first-order valence-electron chi connectivity index (χ1n) is 7.56. The number of carbonyl (C=O) groups excluding carboxylic acids is 1. The summed E-state index contributed by atoms with van der Waals surface area (Å²) in [5, 5.41) is 7.43. The molecule has 7 heteroatoms. The van der Waals surface area contributed by atoms with E-state index in [0.29, 0.717) is 19.6 Å². The van der Waals surface area contributed by atoms with E-state index in [9.17, 15) is 4.79 Å². The molecule has 1 aromatic heterocycles. The van der Waals surface area contributed by atoms with Gasteiger partial charge < -0.3 is 10.1 Å². The predicted octanol–water partition coefficient (Wildman–Crippen LogP) is 1.20. The van der Waals surface area contributed by atoms with Gasteiger partial charge in [-0.2, -0.15) is 5.10 Å². The molecule has 0 saturated carbocycles. The van der Waals surface area contributed by atoms with Crippen molar-refractivity contribution in [1.82, 2.24) is 20.0 Å². The van der Waals surface area contributed by atoms with Gasteiger partial charge in [-0.25, -0.2) is 4.79 Å². The number of ether oxygens (including phenoxy) is 1. The molecular weight excluding hydrogens is 282 g/mol. The van der Waals surface area contributed by atoms with Gasteiger partial charge in [0.1, 0.15) is 11.4 Å². The molecule has 122 valence electrons. The van der Waals surface area contributed by atoms with Gasteiger partial charge in [0.05, 0.1) is 19.3 Å². The minimum Gasteiger partial charge on any atom is -0.444 e. The lowest BCUT2D eigenvalue weighted by Crippen LogP contribution is -2.47. The number of nitrogens with one attached hydrogen (secondary N) is 1. The summed E-state index contributed by atoms with van der Waals surface area (Å²) in [7, 11) is 1.90. The van der Waals surface area contributed by atoms with Crippen LogP contribution in [0.25, 0.3) is 0 Å². The zero-order chi connectivity index (χ0) is 16.2. The van der Waals surface area contributed by atoms with E-state index in [1.807, 2.05) is 40.2 Å². The van der Waals surface area contributed by atoms with E-state index in [1.165, 1.54) is 5.56 Å². The van der Waals surface area contributed by atoms with Crippen molar-refractivity contribution in [2.75, 3.05) is 26.2 Å². The van der Waals surface area contributed by atoms with E-state index < -0.39 is 5.60 Å². The maximum absolute atomic E-state index is 12.1. The molecular formula is C15H25N5O2. The molecule has 0 aromatic carbocycles. The fourth-order valence-corrected chi connectivity index (χ4v) is 2.16. The lowest BCUT2D eigenvalue weighted by atomic mass is 10.2. The third-order valence-corrected chi connectivity index (χ3v) is 3.17. The van der Waals surface area contributed by atoms with E-state index in [-0.39, 0.29) is 6.09 Å². The molecule has 1 aliphatic heterocycles. The third kappa shape index (κ3) is 5.05. The Morgan fingerprint density at radius 2 is 2.23 bits per heavy atom. The van der Waals surface area contributed by atoms with Crippen LogP contribution in [0.2, 0.25) is 0 Å². The highest BCUT2D eigenvalue weighted by Gasteiger charge is 2.24. The Morgan fingerprint density at radius 3 is 2.86 bits per heavy atom. The number of carbonyl (C=O) groups is 1. The minimum atomic E-state index is -0.473. The van der Waals surface area contributed by atoms with Crippen molar-refractivity contribution in [3.05, 3.63) is 18.0 Å². The van der Waals surface area contributed by atoms with Gasteiger partial charge in [0.25, 0.3) is 0 Å². The molecule has 22 heavy (non-hydrogen) atoms. The highest BCUT2D eigenvalue weighted by atomic mass is 16.6. The first-order valence-corrected chi connectivity index (χ1v) is 7.56. The number of aryl methyl sites for hydroxylation is 1. The smallest absolute Gasteiger partial charge is 0.410 e. The third-order valence-electron chi connectivity index (χ3n) is 3.17. The van der Waals surface area contributed by atoms with Crippen molar-refractivity contribution >= 4 is 11.9 Å². The molecule has 0 fully saturated rings. The van der Waals surface area contributed by atoms with Crippen LogP contribution in [0.1, 0.15) is 26.3 Å². The fourth-order valence-electron chi connectivity index (χ4n) is 2.16. The van der Waals surface area contributed by atoms with Crippen LogP contribution in [0.4, 0.5) is 4.79 Å². The summed E-state index contributed by atoms with van der Waals surface area (Å²) in [4.78, 5) is 18.2. The van der Waals surface area contributed by atoms with Crippen molar-refractivity contribution < 1.29 is 9.53 Å². The largest absolute Gasteiger partial charge is 0.444 e. The van der Waals surface area contributed by atoms with Gasteiger partial charge in [0.15, 0.2) is 0 Å². The monoisotopic (exact) mass is 307 g/mol. The molecule has 0 bridgehead atoms. The van der Waals surface area contributed by atoms with Gasteiger partial charge in [-0.05, 0) is 32.8 Å². The lowest BCUT2D eigenvalue weighted by molar-refractivity contribution is 0.0276. The Balaban J connectivity index is 1.78. The average Bonchev–Trinajstić information content (AvgIpc) is 2.83. The van der Waals surface area contributed by atoms with Crippen LogP contribution in [0, 0.1) is 0 Å². The summed E-state index contributed by atoms with van der Waals surface area (Å²) in [6.07, 6.45) is 4.45.